The number of anilines is 1. The number of nitrogens with one attached hydrogen (secondary N) is 1. The molecule has 0 bridgehead atoms. The predicted octanol–water partition coefficient (Wildman–Crippen LogP) is 2.21. The normalized spacial score (nSPS) is 15.2. The molecule has 0 saturated carbocycles. The van der Waals surface area contributed by atoms with Crippen molar-refractivity contribution in [3.63, 3.8) is 0 Å². The Morgan fingerprint density at radius 2 is 1.77 bits per heavy atom. The lowest BCUT2D eigenvalue weighted by Gasteiger charge is -2.33. The summed E-state index contributed by atoms with van der Waals surface area (Å²) in [4.78, 5) is 29.9. The molecule has 1 aliphatic heterocycles. The minimum absolute atomic E-state index is 0.0190. The van der Waals surface area contributed by atoms with Gasteiger partial charge < -0.3 is 5.32 Å². The molecule has 0 radical (unpaired) electrons. The first-order valence-electron chi connectivity index (χ1n) is 12.1. The maximum Gasteiger partial charge on any atom is 0.262 e. The molecule has 1 saturated heterocycles. The second kappa shape index (κ2) is 9.59. The molecule has 9 nitrogen and oxygen atoms in total. The van der Waals surface area contributed by atoms with E-state index in [0.29, 0.717) is 24.3 Å². The second-order valence-corrected chi connectivity index (χ2v) is 9.25. The number of amides is 1. The third-order valence-corrected chi connectivity index (χ3v) is 6.81. The van der Waals surface area contributed by atoms with Crippen LogP contribution in [-0.2, 0) is 24.8 Å². The molecule has 9 heteroatoms. The minimum atomic E-state index is -0.0661. The average molecular weight is 474 g/mol. The van der Waals surface area contributed by atoms with Crippen molar-refractivity contribution in [1.29, 1.82) is 0 Å². The molecule has 5 rings (SSSR count). The van der Waals surface area contributed by atoms with Crippen LogP contribution in [0.25, 0.3) is 16.7 Å². The van der Waals surface area contributed by atoms with Gasteiger partial charge in [0.25, 0.3) is 5.56 Å². The molecule has 0 spiro atoms. The number of hydrogen-bond donors (Lipinski definition) is 1. The van der Waals surface area contributed by atoms with E-state index in [1.165, 1.54) is 0 Å². The van der Waals surface area contributed by atoms with Crippen molar-refractivity contribution in [3.05, 3.63) is 69.8 Å². The SMILES string of the molecule is CCc1ccccc1NC(=O)CN1CCN(Cc2nnc3n(C)c(=O)c4cc(C)ccc4n23)CC1. The van der Waals surface area contributed by atoms with Gasteiger partial charge in [0.05, 0.1) is 24.0 Å². The molecule has 1 aliphatic rings. The van der Waals surface area contributed by atoms with Crippen molar-refractivity contribution in [2.45, 2.75) is 26.8 Å². The first kappa shape index (κ1) is 23.2. The molecule has 1 amide bonds. The standard InChI is InChI=1S/C26H31N7O2/c1-4-19-7-5-6-8-21(19)27-24(34)17-32-13-11-31(12-14-32)16-23-28-29-26-30(3)25(35)20-15-18(2)9-10-22(20)33(23)26/h5-10,15H,4,11-14,16-17H2,1-3H3,(H,27,34). The third-order valence-electron chi connectivity index (χ3n) is 6.81. The van der Waals surface area contributed by atoms with Crippen molar-refractivity contribution >= 4 is 28.3 Å². The predicted molar refractivity (Wildman–Crippen MR) is 137 cm³/mol. The van der Waals surface area contributed by atoms with E-state index >= 15 is 0 Å². The number of rotatable bonds is 6. The van der Waals surface area contributed by atoms with Gasteiger partial charge in [-0.2, -0.15) is 0 Å². The van der Waals surface area contributed by atoms with Crippen LogP contribution < -0.4 is 10.9 Å². The summed E-state index contributed by atoms with van der Waals surface area (Å²) in [5.41, 5.74) is 3.85. The Kier molecular flexibility index (Phi) is 6.36. The first-order chi connectivity index (χ1) is 16.9. The molecule has 182 valence electrons. The first-order valence-corrected chi connectivity index (χ1v) is 12.1. The Morgan fingerprint density at radius 1 is 1.03 bits per heavy atom. The summed E-state index contributed by atoms with van der Waals surface area (Å²) < 4.78 is 3.55. The fourth-order valence-electron chi connectivity index (χ4n) is 4.81. The summed E-state index contributed by atoms with van der Waals surface area (Å²) >= 11 is 0. The van der Waals surface area contributed by atoms with Crippen LogP contribution in [0.2, 0.25) is 0 Å². The maximum atomic E-state index is 12.8. The van der Waals surface area contributed by atoms with Crippen molar-refractivity contribution in [2.24, 2.45) is 7.05 Å². The number of carbonyl (C=O) groups excluding carboxylic acids is 1. The molecule has 2 aromatic carbocycles. The average Bonchev–Trinajstić information content (AvgIpc) is 3.27. The number of carbonyl (C=O) groups is 1. The van der Waals surface area contributed by atoms with E-state index in [-0.39, 0.29) is 11.5 Å². The van der Waals surface area contributed by atoms with Gasteiger partial charge in [0, 0.05) is 38.9 Å². The molecule has 35 heavy (non-hydrogen) atoms. The van der Waals surface area contributed by atoms with Crippen LogP contribution in [-0.4, -0.2) is 67.6 Å². The molecular formula is C26H31N7O2. The van der Waals surface area contributed by atoms with Gasteiger partial charge in [-0.15, -0.1) is 10.2 Å². The highest BCUT2D eigenvalue weighted by Crippen LogP contribution is 2.18. The number of benzene rings is 2. The fourth-order valence-corrected chi connectivity index (χ4v) is 4.81. The van der Waals surface area contributed by atoms with Gasteiger partial charge in [-0.25, -0.2) is 0 Å². The van der Waals surface area contributed by atoms with Crippen LogP contribution in [0.4, 0.5) is 5.69 Å². The van der Waals surface area contributed by atoms with E-state index < -0.39 is 0 Å². The lowest BCUT2D eigenvalue weighted by molar-refractivity contribution is -0.117. The summed E-state index contributed by atoms with van der Waals surface area (Å²) in [5.74, 6) is 1.38. The highest BCUT2D eigenvalue weighted by molar-refractivity contribution is 5.93. The molecule has 0 aliphatic carbocycles. The van der Waals surface area contributed by atoms with E-state index in [9.17, 15) is 9.59 Å². The highest BCUT2D eigenvalue weighted by Gasteiger charge is 2.22. The van der Waals surface area contributed by atoms with E-state index in [2.05, 4.69) is 32.2 Å². The molecular weight excluding hydrogens is 442 g/mol. The molecule has 2 aromatic heterocycles. The van der Waals surface area contributed by atoms with Gasteiger partial charge in [0.1, 0.15) is 0 Å². The number of fused-ring (bicyclic) bond motifs is 3. The number of piperazine rings is 1. The second-order valence-electron chi connectivity index (χ2n) is 9.25. The Bertz CT molecular complexity index is 1450. The van der Waals surface area contributed by atoms with Gasteiger partial charge in [0.15, 0.2) is 5.82 Å². The zero-order chi connectivity index (χ0) is 24.5. The van der Waals surface area contributed by atoms with Gasteiger partial charge in [0.2, 0.25) is 11.7 Å². The van der Waals surface area contributed by atoms with E-state index in [1.54, 1.807) is 11.6 Å². The summed E-state index contributed by atoms with van der Waals surface area (Å²) in [5, 5.41) is 12.5. The molecule has 0 unspecified atom stereocenters. The lowest BCUT2D eigenvalue weighted by atomic mass is 10.1. The van der Waals surface area contributed by atoms with Crippen LogP contribution in [0.15, 0.2) is 47.3 Å². The van der Waals surface area contributed by atoms with Gasteiger partial charge in [-0.05, 0) is 37.1 Å². The molecule has 1 fully saturated rings. The van der Waals surface area contributed by atoms with Crippen molar-refractivity contribution < 1.29 is 4.79 Å². The summed E-state index contributed by atoms with van der Waals surface area (Å²) in [7, 11) is 1.74. The van der Waals surface area contributed by atoms with Crippen LogP contribution in [0.1, 0.15) is 23.9 Å². The van der Waals surface area contributed by atoms with Crippen LogP contribution >= 0.6 is 0 Å². The number of para-hydroxylation sites is 1. The van der Waals surface area contributed by atoms with Crippen molar-refractivity contribution in [3.8, 4) is 0 Å². The highest BCUT2D eigenvalue weighted by atomic mass is 16.2. The molecule has 3 heterocycles. The van der Waals surface area contributed by atoms with Gasteiger partial charge in [-0.3, -0.25) is 28.4 Å². The summed E-state index contributed by atoms with van der Waals surface area (Å²) in [6.45, 7) is 8.35. The van der Waals surface area contributed by atoms with Gasteiger partial charge >= 0.3 is 0 Å². The van der Waals surface area contributed by atoms with Crippen LogP contribution in [0.3, 0.4) is 0 Å². The largest absolute Gasteiger partial charge is 0.325 e. The molecule has 4 aromatic rings. The number of aryl methyl sites for hydroxylation is 3. The Hall–Kier alpha value is -3.56. The summed E-state index contributed by atoms with van der Waals surface area (Å²) in [6, 6.07) is 13.8. The Labute approximate surface area is 204 Å². The Morgan fingerprint density at radius 3 is 2.54 bits per heavy atom. The smallest absolute Gasteiger partial charge is 0.262 e. The minimum Gasteiger partial charge on any atom is -0.325 e. The quantitative estimate of drug-likeness (QED) is 0.462. The fraction of sp³-hybridized carbons (Fsp3) is 0.385. The van der Waals surface area contributed by atoms with E-state index in [0.717, 1.165) is 60.8 Å². The van der Waals surface area contributed by atoms with Crippen LogP contribution in [0, 0.1) is 6.92 Å². The zero-order valence-electron chi connectivity index (χ0n) is 20.5. The van der Waals surface area contributed by atoms with E-state index in [1.807, 2.05) is 53.8 Å². The Balaban J connectivity index is 1.25. The van der Waals surface area contributed by atoms with Crippen molar-refractivity contribution in [1.82, 2.24) is 29.0 Å². The molecule has 0 atom stereocenters. The number of aromatic nitrogens is 4. The summed E-state index contributed by atoms with van der Waals surface area (Å²) in [6.07, 6.45) is 0.884. The van der Waals surface area contributed by atoms with Crippen LogP contribution in [0.5, 0.6) is 0 Å². The number of nitrogens with zero attached hydrogens (tertiary/aromatic N) is 6. The van der Waals surface area contributed by atoms with Gasteiger partial charge in [-0.1, -0.05) is 36.8 Å². The maximum absolute atomic E-state index is 12.8. The molecule has 1 N–H and O–H groups in total. The third kappa shape index (κ3) is 4.56. The lowest BCUT2D eigenvalue weighted by Crippen LogP contribution is -2.48. The number of hydrogen-bond acceptors (Lipinski definition) is 6. The van der Waals surface area contributed by atoms with Crippen molar-refractivity contribution in [2.75, 3.05) is 38.0 Å². The zero-order valence-corrected chi connectivity index (χ0v) is 20.5. The van der Waals surface area contributed by atoms with E-state index in [4.69, 9.17) is 0 Å². The monoisotopic (exact) mass is 473 g/mol. The topological polar surface area (TPSA) is 87.8 Å².